The Morgan fingerprint density at radius 2 is 1.75 bits per heavy atom. The number of carbonyl (C=O) groups is 2. The third-order valence-corrected chi connectivity index (χ3v) is 5.84. The van der Waals surface area contributed by atoms with Gasteiger partial charge in [-0.25, -0.2) is 0 Å². The molecule has 194 valence electrons. The van der Waals surface area contributed by atoms with Gasteiger partial charge in [-0.05, 0) is 61.6 Å². The van der Waals surface area contributed by atoms with Crippen molar-refractivity contribution in [1.82, 2.24) is 15.1 Å². The molecule has 1 aliphatic heterocycles. The van der Waals surface area contributed by atoms with Gasteiger partial charge in [0.15, 0.2) is 5.69 Å². The monoisotopic (exact) mass is 492 g/mol. The lowest BCUT2D eigenvalue weighted by Gasteiger charge is -2.29. The molecule has 1 aliphatic rings. The minimum Gasteiger partial charge on any atom is -0.428 e. The van der Waals surface area contributed by atoms with E-state index in [0.717, 1.165) is 35.5 Å². The molecule has 0 atom stereocenters. The maximum absolute atomic E-state index is 12.7. The van der Waals surface area contributed by atoms with E-state index in [9.17, 15) is 9.59 Å². The molecule has 0 spiro atoms. The van der Waals surface area contributed by atoms with Crippen LogP contribution in [0.1, 0.15) is 68.6 Å². The highest BCUT2D eigenvalue weighted by atomic mass is 16.5. The molecule has 0 unspecified atom stereocenters. The van der Waals surface area contributed by atoms with E-state index in [1.54, 1.807) is 10.7 Å². The number of hydrogen-bond donors (Lipinski definition) is 1. The molecular weight excluding hydrogens is 452 g/mol. The number of anilines is 1. The Labute approximate surface area is 215 Å². The summed E-state index contributed by atoms with van der Waals surface area (Å²) >= 11 is 0. The van der Waals surface area contributed by atoms with Crippen molar-refractivity contribution in [2.75, 3.05) is 18.0 Å². The molecule has 7 nitrogen and oxygen atoms in total. The van der Waals surface area contributed by atoms with E-state index in [1.165, 1.54) is 24.9 Å². The number of carbonyl (C=O) groups excluding carboxylic acids is 2. The van der Waals surface area contributed by atoms with Gasteiger partial charge in [0.25, 0.3) is 12.4 Å². The Morgan fingerprint density at radius 3 is 2.42 bits per heavy atom. The summed E-state index contributed by atoms with van der Waals surface area (Å²) in [7, 11) is 1.86. The zero-order valence-corrected chi connectivity index (χ0v) is 22.5. The second kappa shape index (κ2) is 14.7. The van der Waals surface area contributed by atoms with Gasteiger partial charge in [-0.15, -0.1) is 0 Å². The van der Waals surface area contributed by atoms with E-state index in [2.05, 4.69) is 39.6 Å². The summed E-state index contributed by atoms with van der Waals surface area (Å²) in [5.74, 6) is 0.279. The van der Waals surface area contributed by atoms with Crippen LogP contribution in [0, 0.1) is 6.92 Å². The van der Waals surface area contributed by atoms with E-state index in [-0.39, 0.29) is 5.91 Å². The Morgan fingerprint density at radius 1 is 1.03 bits per heavy atom. The minimum absolute atomic E-state index is 0.232. The molecule has 2 aromatic carbocycles. The van der Waals surface area contributed by atoms with Crippen LogP contribution < -0.4 is 15.0 Å². The number of benzene rings is 2. The van der Waals surface area contributed by atoms with Crippen molar-refractivity contribution in [3.63, 3.8) is 0 Å². The van der Waals surface area contributed by atoms with Gasteiger partial charge in [0.2, 0.25) is 0 Å². The second-order valence-electron chi connectivity index (χ2n) is 8.13. The van der Waals surface area contributed by atoms with Crippen molar-refractivity contribution in [3.05, 3.63) is 65.4 Å². The molecule has 4 rings (SSSR count). The highest BCUT2D eigenvalue weighted by molar-refractivity contribution is 5.93. The van der Waals surface area contributed by atoms with Gasteiger partial charge < -0.3 is 15.0 Å². The third kappa shape index (κ3) is 7.44. The van der Waals surface area contributed by atoms with E-state index in [4.69, 9.17) is 4.74 Å². The molecule has 7 heteroatoms. The quantitative estimate of drug-likeness (QED) is 0.415. The lowest BCUT2D eigenvalue weighted by atomic mass is 10.1. The van der Waals surface area contributed by atoms with Crippen LogP contribution in [0.5, 0.6) is 5.75 Å². The SMILES string of the molecule is CC.CC.Cc1cc(CNC(=O)c2cc(-c3cccc(N4CCCCC4)c3)n(C)n2)ccc1OC=O. The van der Waals surface area contributed by atoms with Crippen LogP contribution in [0.25, 0.3) is 11.3 Å². The molecular formula is C29H40N4O3. The Balaban J connectivity index is 0.00000109. The van der Waals surface area contributed by atoms with Crippen LogP contribution in [-0.4, -0.2) is 35.2 Å². The van der Waals surface area contributed by atoms with Gasteiger partial charge in [-0.1, -0.05) is 52.0 Å². The topological polar surface area (TPSA) is 76.5 Å². The lowest BCUT2D eigenvalue weighted by Crippen LogP contribution is -2.29. The fourth-order valence-corrected chi connectivity index (χ4v) is 4.14. The minimum atomic E-state index is -0.232. The summed E-state index contributed by atoms with van der Waals surface area (Å²) in [6.07, 6.45) is 3.76. The van der Waals surface area contributed by atoms with E-state index < -0.39 is 0 Å². The third-order valence-electron chi connectivity index (χ3n) is 5.84. The van der Waals surface area contributed by atoms with Gasteiger partial charge in [0.05, 0.1) is 5.69 Å². The summed E-state index contributed by atoms with van der Waals surface area (Å²) in [4.78, 5) is 25.7. The van der Waals surface area contributed by atoms with Crippen LogP contribution in [0.15, 0.2) is 48.5 Å². The molecule has 1 N–H and O–H groups in total. The average Bonchev–Trinajstić information content (AvgIpc) is 3.33. The maximum atomic E-state index is 12.7. The summed E-state index contributed by atoms with van der Waals surface area (Å²) in [5.41, 5.74) is 5.29. The summed E-state index contributed by atoms with van der Waals surface area (Å²) in [6, 6.07) is 15.7. The number of aryl methyl sites for hydroxylation is 2. The normalized spacial score (nSPS) is 12.4. The van der Waals surface area contributed by atoms with Crippen molar-refractivity contribution in [2.24, 2.45) is 7.05 Å². The molecule has 0 bridgehead atoms. The fraction of sp³-hybridized carbons (Fsp3) is 0.414. The van der Waals surface area contributed by atoms with Gasteiger partial charge in [-0.3, -0.25) is 14.3 Å². The van der Waals surface area contributed by atoms with Crippen LogP contribution in [0.2, 0.25) is 0 Å². The van der Waals surface area contributed by atoms with E-state index >= 15 is 0 Å². The van der Waals surface area contributed by atoms with Crippen molar-refractivity contribution < 1.29 is 14.3 Å². The van der Waals surface area contributed by atoms with Crippen molar-refractivity contribution >= 4 is 18.1 Å². The second-order valence-corrected chi connectivity index (χ2v) is 8.13. The molecule has 0 saturated carbocycles. The Bertz CT molecular complexity index is 1120. The molecule has 1 saturated heterocycles. The van der Waals surface area contributed by atoms with Crippen LogP contribution in [-0.2, 0) is 18.4 Å². The number of rotatable bonds is 7. The standard InChI is InChI=1S/C25H28N4O3.2C2H6/c1-18-13-19(9-10-24(18)32-17-30)16-26-25(31)22-15-23(28(2)27-22)20-7-6-8-21(14-20)29-11-4-3-5-12-29;2*1-2/h6-10,13-15,17H,3-5,11-12,16H2,1-2H3,(H,26,31);2*1-2H3. The summed E-state index contributed by atoms with van der Waals surface area (Å²) < 4.78 is 6.66. The zero-order chi connectivity index (χ0) is 26.5. The number of aromatic nitrogens is 2. The lowest BCUT2D eigenvalue weighted by molar-refractivity contribution is -0.120. The molecule has 1 amide bonds. The Kier molecular flexibility index (Phi) is 11.7. The first-order valence-electron chi connectivity index (χ1n) is 12.9. The highest BCUT2D eigenvalue weighted by Crippen LogP contribution is 2.27. The molecule has 0 aliphatic carbocycles. The van der Waals surface area contributed by atoms with Crippen molar-refractivity contribution in [1.29, 1.82) is 0 Å². The number of amides is 1. The Hall–Kier alpha value is -3.61. The predicted molar refractivity (Wildman–Crippen MR) is 146 cm³/mol. The fourth-order valence-electron chi connectivity index (χ4n) is 4.14. The van der Waals surface area contributed by atoms with Crippen molar-refractivity contribution in [2.45, 2.75) is 60.4 Å². The highest BCUT2D eigenvalue weighted by Gasteiger charge is 2.16. The van der Waals surface area contributed by atoms with Gasteiger partial charge in [0, 0.05) is 37.9 Å². The number of nitrogens with zero attached hydrogens (tertiary/aromatic N) is 3. The molecule has 36 heavy (non-hydrogen) atoms. The predicted octanol–water partition coefficient (Wildman–Crippen LogP) is 5.90. The number of hydrogen-bond acceptors (Lipinski definition) is 5. The van der Waals surface area contributed by atoms with Crippen LogP contribution in [0.4, 0.5) is 5.69 Å². The molecule has 1 fully saturated rings. The molecule has 0 radical (unpaired) electrons. The van der Waals surface area contributed by atoms with E-state index in [1.807, 2.05) is 59.9 Å². The maximum Gasteiger partial charge on any atom is 0.298 e. The summed E-state index contributed by atoms with van der Waals surface area (Å²) in [6.45, 7) is 12.8. The summed E-state index contributed by atoms with van der Waals surface area (Å²) in [5, 5.41) is 7.35. The first-order chi connectivity index (χ1) is 17.5. The largest absolute Gasteiger partial charge is 0.428 e. The average molecular weight is 493 g/mol. The first kappa shape index (κ1) is 28.6. The number of ether oxygens (including phenoxy) is 1. The van der Waals surface area contributed by atoms with Gasteiger partial charge >= 0.3 is 0 Å². The number of piperidine rings is 1. The van der Waals surface area contributed by atoms with Crippen molar-refractivity contribution in [3.8, 4) is 17.0 Å². The smallest absolute Gasteiger partial charge is 0.298 e. The molecule has 3 aromatic rings. The molecule has 2 heterocycles. The van der Waals surface area contributed by atoms with Gasteiger partial charge in [0.1, 0.15) is 5.75 Å². The van der Waals surface area contributed by atoms with Gasteiger partial charge in [-0.2, -0.15) is 5.10 Å². The van der Waals surface area contributed by atoms with E-state index in [0.29, 0.717) is 24.5 Å². The first-order valence-corrected chi connectivity index (χ1v) is 12.9. The number of nitrogens with one attached hydrogen (secondary N) is 1. The molecule has 1 aromatic heterocycles. The van der Waals surface area contributed by atoms with Crippen LogP contribution in [0.3, 0.4) is 0 Å². The van der Waals surface area contributed by atoms with Crippen LogP contribution >= 0.6 is 0 Å². The zero-order valence-electron chi connectivity index (χ0n) is 22.5.